The Kier molecular flexibility index (Phi) is 10.2. The average molecular weight is 326 g/mol. The van der Waals surface area contributed by atoms with Crippen molar-refractivity contribution >= 4 is 0 Å². The number of hydrogen-bond donors (Lipinski definition) is 0. The number of rotatable bonds is 9. The van der Waals surface area contributed by atoms with Crippen molar-refractivity contribution < 1.29 is 0 Å². The Hall–Kier alpha value is -1.52. The molecule has 1 atom stereocenters. The highest BCUT2D eigenvalue weighted by Gasteiger charge is 2.19. The molecule has 1 nitrogen and oxygen atoms in total. The van der Waals surface area contributed by atoms with Gasteiger partial charge in [-0.2, -0.15) is 0 Å². The van der Waals surface area contributed by atoms with Crippen molar-refractivity contribution in [1.82, 2.24) is 4.90 Å². The van der Waals surface area contributed by atoms with Crippen LogP contribution < -0.4 is 0 Å². The summed E-state index contributed by atoms with van der Waals surface area (Å²) >= 11 is 0. The predicted octanol–water partition coefficient (Wildman–Crippen LogP) is 5.77. The molecular formula is C23H35N. The summed E-state index contributed by atoms with van der Waals surface area (Å²) in [4.78, 5) is 2.54. The maximum Gasteiger partial charge on any atom is 0.0744 e. The third kappa shape index (κ3) is 8.37. The van der Waals surface area contributed by atoms with Gasteiger partial charge in [-0.05, 0) is 30.4 Å². The number of unbranched alkanes of at least 4 members (excludes halogenated alkanes) is 2. The molecule has 1 heteroatoms. The molecule has 0 spiro atoms. The van der Waals surface area contributed by atoms with Crippen LogP contribution >= 0.6 is 0 Å². The summed E-state index contributed by atoms with van der Waals surface area (Å²) < 4.78 is 0. The summed E-state index contributed by atoms with van der Waals surface area (Å²) in [6.07, 6.45) is 8.39. The molecule has 0 aliphatic carbocycles. The smallest absolute Gasteiger partial charge is 0.0744 e. The van der Waals surface area contributed by atoms with E-state index < -0.39 is 0 Å². The summed E-state index contributed by atoms with van der Waals surface area (Å²) in [5, 5.41) is 0. The Morgan fingerprint density at radius 2 is 1.75 bits per heavy atom. The van der Waals surface area contributed by atoms with E-state index in [1.54, 1.807) is 0 Å². The molecule has 0 aromatic heterocycles. The molecule has 1 unspecified atom stereocenters. The number of nitrogens with zero attached hydrogens (tertiary/aromatic N) is 1. The molecule has 1 aromatic rings. The molecule has 0 saturated heterocycles. The highest BCUT2D eigenvalue weighted by atomic mass is 15.1. The highest BCUT2D eigenvalue weighted by molar-refractivity contribution is 5.35. The van der Waals surface area contributed by atoms with Crippen molar-refractivity contribution in [2.75, 3.05) is 13.1 Å². The quantitative estimate of drug-likeness (QED) is 0.316. The van der Waals surface area contributed by atoms with Gasteiger partial charge in [0.2, 0.25) is 0 Å². The second-order valence-corrected chi connectivity index (χ2v) is 7.29. The molecule has 0 fully saturated rings. The summed E-state index contributed by atoms with van der Waals surface area (Å²) in [7, 11) is 0. The topological polar surface area (TPSA) is 3.24 Å². The van der Waals surface area contributed by atoms with Gasteiger partial charge in [-0.3, -0.25) is 4.90 Å². The lowest BCUT2D eigenvalue weighted by molar-refractivity contribution is 0.195. The van der Waals surface area contributed by atoms with Crippen LogP contribution in [-0.2, 0) is 0 Å². The monoisotopic (exact) mass is 325 g/mol. The SMILES string of the molecule is CCCCC=CCN(CC(C)C)C(C#Cc1ccccc1)C(C)C. The fourth-order valence-electron chi connectivity index (χ4n) is 2.78. The summed E-state index contributed by atoms with van der Waals surface area (Å²) in [5.41, 5.74) is 1.10. The molecule has 0 amide bonds. The Morgan fingerprint density at radius 1 is 1.04 bits per heavy atom. The molecule has 0 aliphatic heterocycles. The molecule has 132 valence electrons. The molecule has 1 aromatic carbocycles. The largest absolute Gasteiger partial charge is 0.286 e. The standard InChI is InChI=1S/C23H35N/c1-6-7-8-9-13-18-24(19-20(2)3)23(21(4)5)17-16-22-14-11-10-12-15-22/h9-15,20-21,23H,6-8,18-19H2,1-5H3. The predicted molar refractivity (Wildman–Crippen MR) is 107 cm³/mol. The first-order valence-corrected chi connectivity index (χ1v) is 9.50. The minimum absolute atomic E-state index is 0.295. The van der Waals surface area contributed by atoms with Gasteiger partial charge in [0.15, 0.2) is 0 Å². The van der Waals surface area contributed by atoms with Gasteiger partial charge in [-0.25, -0.2) is 0 Å². The van der Waals surface area contributed by atoms with Crippen LogP contribution in [0.2, 0.25) is 0 Å². The lowest BCUT2D eigenvalue weighted by atomic mass is 10.0. The van der Waals surface area contributed by atoms with E-state index in [2.05, 4.69) is 87.8 Å². The summed E-state index contributed by atoms with van der Waals surface area (Å²) in [5.74, 6) is 8.07. The van der Waals surface area contributed by atoms with Gasteiger partial charge in [0.05, 0.1) is 6.04 Å². The van der Waals surface area contributed by atoms with Crippen molar-refractivity contribution in [2.24, 2.45) is 11.8 Å². The van der Waals surface area contributed by atoms with E-state index in [0.717, 1.165) is 18.7 Å². The summed E-state index contributed by atoms with van der Waals surface area (Å²) in [6.45, 7) is 13.5. The van der Waals surface area contributed by atoms with Crippen molar-refractivity contribution in [1.29, 1.82) is 0 Å². The van der Waals surface area contributed by atoms with Crippen LogP contribution in [0, 0.1) is 23.7 Å². The number of hydrogen-bond acceptors (Lipinski definition) is 1. The number of allylic oxidation sites excluding steroid dienone is 1. The maximum absolute atomic E-state index is 3.54. The van der Waals surface area contributed by atoms with Gasteiger partial charge >= 0.3 is 0 Å². The first kappa shape index (κ1) is 20.5. The van der Waals surface area contributed by atoms with Crippen LogP contribution in [-0.4, -0.2) is 24.0 Å². The van der Waals surface area contributed by atoms with E-state index in [1.807, 2.05) is 6.07 Å². The zero-order valence-corrected chi connectivity index (χ0v) is 16.3. The molecule has 0 bridgehead atoms. The number of benzene rings is 1. The third-order valence-electron chi connectivity index (χ3n) is 3.99. The third-order valence-corrected chi connectivity index (χ3v) is 3.99. The zero-order chi connectivity index (χ0) is 17.8. The molecule has 0 N–H and O–H groups in total. The van der Waals surface area contributed by atoms with Crippen molar-refractivity contribution in [3.8, 4) is 11.8 Å². The van der Waals surface area contributed by atoms with E-state index in [1.165, 1.54) is 19.3 Å². The van der Waals surface area contributed by atoms with Crippen LogP contribution in [0.25, 0.3) is 0 Å². The summed E-state index contributed by atoms with van der Waals surface area (Å²) in [6, 6.07) is 10.6. The van der Waals surface area contributed by atoms with Gasteiger partial charge in [0, 0.05) is 18.7 Å². The molecule has 24 heavy (non-hydrogen) atoms. The second-order valence-electron chi connectivity index (χ2n) is 7.29. The van der Waals surface area contributed by atoms with Gasteiger partial charge in [0.1, 0.15) is 0 Å². The Balaban J connectivity index is 2.84. The van der Waals surface area contributed by atoms with E-state index >= 15 is 0 Å². The van der Waals surface area contributed by atoms with Crippen LogP contribution in [0.4, 0.5) is 0 Å². The van der Waals surface area contributed by atoms with Gasteiger partial charge in [-0.1, -0.05) is 89.7 Å². The molecular weight excluding hydrogens is 290 g/mol. The first-order valence-electron chi connectivity index (χ1n) is 9.50. The van der Waals surface area contributed by atoms with E-state index in [0.29, 0.717) is 17.9 Å². The van der Waals surface area contributed by atoms with Crippen LogP contribution in [0.15, 0.2) is 42.5 Å². The normalized spacial score (nSPS) is 12.8. The highest BCUT2D eigenvalue weighted by Crippen LogP contribution is 2.13. The molecule has 1 rings (SSSR count). The molecule has 0 saturated carbocycles. The van der Waals surface area contributed by atoms with Gasteiger partial charge < -0.3 is 0 Å². The average Bonchev–Trinajstić information content (AvgIpc) is 2.54. The van der Waals surface area contributed by atoms with E-state index in [9.17, 15) is 0 Å². The molecule has 0 radical (unpaired) electrons. The molecule has 0 aliphatic rings. The van der Waals surface area contributed by atoms with Crippen molar-refractivity contribution in [3.63, 3.8) is 0 Å². The van der Waals surface area contributed by atoms with E-state index in [4.69, 9.17) is 0 Å². The first-order chi connectivity index (χ1) is 11.5. The lowest BCUT2D eigenvalue weighted by Gasteiger charge is -2.31. The van der Waals surface area contributed by atoms with Crippen LogP contribution in [0.3, 0.4) is 0 Å². The van der Waals surface area contributed by atoms with Gasteiger partial charge in [-0.15, -0.1) is 0 Å². The lowest BCUT2D eigenvalue weighted by Crippen LogP contribution is -2.40. The minimum Gasteiger partial charge on any atom is -0.286 e. The Morgan fingerprint density at radius 3 is 2.33 bits per heavy atom. The Bertz CT molecular complexity index is 516. The molecule has 0 heterocycles. The zero-order valence-electron chi connectivity index (χ0n) is 16.3. The fraction of sp³-hybridized carbons (Fsp3) is 0.565. The minimum atomic E-state index is 0.295. The van der Waals surface area contributed by atoms with Gasteiger partial charge in [0.25, 0.3) is 0 Å². The Labute approximate surface area is 150 Å². The maximum atomic E-state index is 3.54. The second kappa shape index (κ2) is 11.9. The van der Waals surface area contributed by atoms with Crippen LogP contribution in [0.5, 0.6) is 0 Å². The van der Waals surface area contributed by atoms with Crippen molar-refractivity contribution in [2.45, 2.75) is 59.9 Å². The fourth-order valence-corrected chi connectivity index (χ4v) is 2.78. The van der Waals surface area contributed by atoms with E-state index in [-0.39, 0.29) is 0 Å². The van der Waals surface area contributed by atoms with Crippen molar-refractivity contribution in [3.05, 3.63) is 48.0 Å². The van der Waals surface area contributed by atoms with Crippen LogP contribution in [0.1, 0.15) is 59.4 Å².